The van der Waals surface area contributed by atoms with Crippen molar-refractivity contribution in [2.75, 3.05) is 30.7 Å². The molecule has 4 N–H and O–H groups in total. The Kier molecular flexibility index (Phi) is 5.59. The van der Waals surface area contributed by atoms with Crippen LogP contribution >= 0.6 is 0 Å². The van der Waals surface area contributed by atoms with Gasteiger partial charge >= 0.3 is 5.97 Å². The van der Waals surface area contributed by atoms with Crippen LogP contribution in [0.4, 0.5) is 11.5 Å². The van der Waals surface area contributed by atoms with Gasteiger partial charge in [-0.3, -0.25) is 4.79 Å². The molecule has 0 fully saturated rings. The van der Waals surface area contributed by atoms with Gasteiger partial charge in [-0.2, -0.15) is 0 Å². The topological polar surface area (TPSA) is 106 Å². The van der Waals surface area contributed by atoms with Crippen LogP contribution in [0.1, 0.15) is 24.2 Å². The molecule has 7 nitrogen and oxygen atoms in total. The van der Waals surface area contributed by atoms with E-state index in [0.717, 1.165) is 0 Å². The number of nitrogens with two attached hydrogens (primary N) is 1. The van der Waals surface area contributed by atoms with E-state index in [4.69, 9.17) is 10.5 Å². The van der Waals surface area contributed by atoms with Gasteiger partial charge in [0.15, 0.2) is 0 Å². The largest absolute Gasteiger partial charge is 0.462 e. The Morgan fingerprint density at radius 1 is 1.42 bits per heavy atom. The van der Waals surface area contributed by atoms with Crippen molar-refractivity contribution >= 4 is 23.4 Å². The van der Waals surface area contributed by atoms with E-state index in [0.29, 0.717) is 12.4 Å². The molecule has 0 atom stereocenters. The first-order valence-corrected chi connectivity index (χ1v) is 6.01. The quantitative estimate of drug-likeness (QED) is 0.643. The van der Waals surface area contributed by atoms with Gasteiger partial charge in [0.1, 0.15) is 5.82 Å². The lowest BCUT2D eigenvalue weighted by molar-refractivity contribution is -0.119. The number of ether oxygens (including phenoxy) is 1. The summed E-state index contributed by atoms with van der Waals surface area (Å²) in [5.41, 5.74) is 6.12. The number of carbonyl (C=O) groups excluding carboxylic acids is 2. The Bertz CT molecular complexity index is 462. The Morgan fingerprint density at radius 3 is 2.79 bits per heavy atom. The standard InChI is InChI=1S/C12H18N4O3/c1-3-14-11(17)7-16-10-5-8(9(13)6-15-10)12(18)19-4-2/h5-6H,3-4,7,13H2,1-2H3,(H,14,17)(H,15,16). The van der Waals surface area contributed by atoms with Gasteiger partial charge in [0.25, 0.3) is 0 Å². The molecule has 0 saturated carbocycles. The summed E-state index contributed by atoms with van der Waals surface area (Å²) < 4.78 is 4.87. The summed E-state index contributed by atoms with van der Waals surface area (Å²) in [4.78, 5) is 26.9. The van der Waals surface area contributed by atoms with Crippen LogP contribution in [0.3, 0.4) is 0 Å². The molecule has 0 saturated heterocycles. The lowest BCUT2D eigenvalue weighted by Crippen LogP contribution is -2.29. The zero-order valence-electron chi connectivity index (χ0n) is 11.0. The highest BCUT2D eigenvalue weighted by Crippen LogP contribution is 2.15. The molecule has 19 heavy (non-hydrogen) atoms. The molecule has 0 aliphatic carbocycles. The number of anilines is 2. The van der Waals surface area contributed by atoms with Gasteiger partial charge in [-0.25, -0.2) is 9.78 Å². The van der Waals surface area contributed by atoms with Crippen LogP contribution in [-0.4, -0.2) is 36.6 Å². The fourth-order valence-corrected chi connectivity index (χ4v) is 1.38. The van der Waals surface area contributed by atoms with Gasteiger partial charge in [0, 0.05) is 6.54 Å². The van der Waals surface area contributed by atoms with E-state index in [2.05, 4.69) is 15.6 Å². The first-order chi connectivity index (χ1) is 9.08. The summed E-state index contributed by atoms with van der Waals surface area (Å²) in [5, 5.41) is 5.45. The molecule has 7 heteroatoms. The van der Waals surface area contributed by atoms with Crippen LogP contribution in [-0.2, 0) is 9.53 Å². The first kappa shape index (κ1) is 14.7. The number of nitrogens with one attached hydrogen (secondary N) is 2. The summed E-state index contributed by atoms with van der Waals surface area (Å²) in [6.07, 6.45) is 1.35. The van der Waals surface area contributed by atoms with Gasteiger partial charge in [-0.05, 0) is 19.9 Å². The Labute approximate surface area is 111 Å². The fraction of sp³-hybridized carbons (Fsp3) is 0.417. The molecule has 1 rings (SSSR count). The minimum absolute atomic E-state index is 0.0764. The molecule has 0 radical (unpaired) electrons. The predicted octanol–water partition coefficient (Wildman–Crippen LogP) is 0.388. The van der Waals surface area contributed by atoms with Gasteiger partial charge in [-0.1, -0.05) is 0 Å². The smallest absolute Gasteiger partial charge is 0.340 e. The Hall–Kier alpha value is -2.31. The van der Waals surface area contributed by atoms with E-state index in [1.807, 2.05) is 6.92 Å². The highest BCUT2D eigenvalue weighted by atomic mass is 16.5. The number of hydrogen-bond donors (Lipinski definition) is 3. The van der Waals surface area contributed by atoms with E-state index in [1.54, 1.807) is 6.92 Å². The van der Waals surface area contributed by atoms with Gasteiger partial charge in [-0.15, -0.1) is 0 Å². The van der Waals surface area contributed by atoms with Crippen molar-refractivity contribution in [3.63, 3.8) is 0 Å². The van der Waals surface area contributed by atoms with Crippen molar-refractivity contribution < 1.29 is 14.3 Å². The Morgan fingerprint density at radius 2 is 2.16 bits per heavy atom. The number of carbonyl (C=O) groups is 2. The summed E-state index contributed by atoms with van der Waals surface area (Å²) in [6, 6.07) is 1.46. The molecule has 1 amide bonds. The number of rotatable bonds is 6. The molecule has 0 aromatic carbocycles. The number of hydrogen-bond acceptors (Lipinski definition) is 6. The normalized spacial score (nSPS) is 9.79. The number of likely N-dealkylation sites (N-methyl/N-ethyl adjacent to an activating group) is 1. The molecule has 0 unspecified atom stereocenters. The molecule has 104 valence electrons. The van der Waals surface area contributed by atoms with Crippen molar-refractivity contribution in [3.05, 3.63) is 17.8 Å². The maximum absolute atomic E-state index is 11.6. The highest BCUT2D eigenvalue weighted by Gasteiger charge is 2.12. The molecule has 1 aromatic heterocycles. The molecule has 1 heterocycles. The number of amides is 1. The number of esters is 1. The molecule has 1 aromatic rings. The Balaban J connectivity index is 2.73. The van der Waals surface area contributed by atoms with Crippen LogP contribution in [0.25, 0.3) is 0 Å². The lowest BCUT2D eigenvalue weighted by Gasteiger charge is -2.09. The first-order valence-electron chi connectivity index (χ1n) is 6.01. The monoisotopic (exact) mass is 266 g/mol. The summed E-state index contributed by atoms with van der Waals surface area (Å²) in [5.74, 6) is -0.272. The second-order valence-corrected chi connectivity index (χ2v) is 3.68. The van der Waals surface area contributed by atoms with E-state index in [1.165, 1.54) is 12.3 Å². The van der Waals surface area contributed by atoms with Crippen molar-refractivity contribution in [1.82, 2.24) is 10.3 Å². The second kappa shape index (κ2) is 7.20. The minimum Gasteiger partial charge on any atom is -0.462 e. The van der Waals surface area contributed by atoms with Crippen LogP contribution in [0, 0.1) is 0 Å². The van der Waals surface area contributed by atoms with Crippen molar-refractivity contribution in [2.45, 2.75) is 13.8 Å². The van der Waals surface area contributed by atoms with Crippen molar-refractivity contribution in [1.29, 1.82) is 0 Å². The van der Waals surface area contributed by atoms with Crippen LogP contribution in [0.2, 0.25) is 0 Å². The summed E-state index contributed by atoms with van der Waals surface area (Å²) in [7, 11) is 0. The van der Waals surface area contributed by atoms with Crippen LogP contribution in [0.15, 0.2) is 12.3 Å². The highest BCUT2D eigenvalue weighted by molar-refractivity contribution is 5.95. The fourth-order valence-electron chi connectivity index (χ4n) is 1.38. The van der Waals surface area contributed by atoms with E-state index >= 15 is 0 Å². The maximum atomic E-state index is 11.6. The van der Waals surface area contributed by atoms with Gasteiger partial charge < -0.3 is 21.1 Å². The zero-order chi connectivity index (χ0) is 14.3. The van der Waals surface area contributed by atoms with E-state index in [-0.39, 0.29) is 30.3 Å². The number of pyridine rings is 1. The van der Waals surface area contributed by atoms with Crippen LogP contribution in [0.5, 0.6) is 0 Å². The average Bonchev–Trinajstić information content (AvgIpc) is 2.38. The van der Waals surface area contributed by atoms with Gasteiger partial charge in [0.05, 0.1) is 30.6 Å². The second-order valence-electron chi connectivity index (χ2n) is 3.68. The number of aromatic nitrogens is 1. The number of nitrogen functional groups attached to an aromatic ring is 1. The van der Waals surface area contributed by atoms with E-state index < -0.39 is 5.97 Å². The third-order valence-corrected chi connectivity index (χ3v) is 2.23. The molecule has 0 bridgehead atoms. The van der Waals surface area contributed by atoms with Crippen LogP contribution < -0.4 is 16.4 Å². The zero-order valence-corrected chi connectivity index (χ0v) is 11.0. The van der Waals surface area contributed by atoms with Crippen molar-refractivity contribution in [3.8, 4) is 0 Å². The maximum Gasteiger partial charge on any atom is 0.340 e. The third kappa shape index (κ3) is 4.46. The van der Waals surface area contributed by atoms with E-state index in [9.17, 15) is 9.59 Å². The average molecular weight is 266 g/mol. The molecular formula is C12H18N4O3. The molecule has 0 spiro atoms. The SMILES string of the molecule is CCNC(=O)CNc1cc(C(=O)OCC)c(N)cn1. The molecule has 0 aliphatic rings. The molecule has 0 aliphatic heterocycles. The summed E-state index contributed by atoms with van der Waals surface area (Å²) in [6.45, 7) is 4.45. The number of nitrogens with zero attached hydrogens (tertiary/aromatic N) is 1. The summed E-state index contributed by atoms with van der Waals surface area (Å²) >= 11 is 0. The molecular weight excluding hydrogens is 248 g/mol. The lowest BCUT2D eigenvalue weighted by atomic mass is 10.2. The van der Waals surface area contributed by atoms with Crippen molar-refractivity contribution in [2.24, 2.45) is 0 Å². The van der Waals surface area contributed by atoms with Gasteiger partial charge in [0.2, 0.25) is 5.91 Å². The minimum atomic E-state index is -0.511. The predicted molar refractivity (Wildman–Crippen MR) is 71.8 cm³/mol. The third-order valence-electron chi connectivity index (χ3n) is 2.23.